The Balaban J connectivity index is 0.00000225. The highest BCUT2D eigenvalue weighted by molar-refractivity contribution is 14.0. The Kier molecular flexibility index (Phi) is 7.42. The van der Waals surface area contributed by atoms with Crippen LogP contribution in [-0.4, -0.2) is 51.2 Å². The Morgan fingerprint density at radius 1 is 1.20 bits per heavy atom. The molecule has 2 aromatic rings. The SMILES string of the molecule is CN=C(NCc1ccco1)N1CCN(c2cccc(OC)c2)CC1.I. The number of benzene rings is 1. The quantitative estimate of drug-likeness (QED) is 0.436. The van der Waals surface area contributed by atoms with Crippen molar-refractivity contribution >= 4 is 35.6 Å². The molecule has 0 bridgehead atoms. The maximum absolute atomic E-state index is 5.36. The van der Waals surface area contributed by atoms with Gasteiger partial charge < -0.3 is 24.3 Å². The number of hydrogen-bond acceptors (Lipinski definition) is 4. The lowest BCUT2D eigenvalue weighted by Crippen LogP contribution is -2.52. The zero-order valence-electron chi connectivity index (χ0n) is 14.6. The zero-order chi connectivity index (χ0) is 16.8. The fourth-order valence-electron chi connectivity index (χ4n) is 2.90. The molecule has 1 aromatic carbocycles. The first-order valence-corrected chi connectivity index (χ1v) is 8.17. The van der Waals surface area contributed by atoms with E-state index in [0.717, 1.165) is 43.6 Å². The van der Waals surface area contributed by atoms with Crippen LogP contribution < -0.4 is 15.0 Å². The van der Waals surface area contributed by atoms with Crippen LogP contribution >= 0.6 is 24.0 Å². The van der Waals surface area contributed by atoms with Gasteiger partial charge in [-0.2, -0.15) is 0 Å². The number of furan rings is 1. The first kappa shape index (κ1) is 19.4. The number of aliphatic imine (C=N–C) groups is 1. The molecule has 136 valence electrons. The standard InChI is InChI=1S/C18H24N4O2.HI/c1-19-18(20-14-17-7-4-12-24-17)22-10-8-21(9-11-22)15-5-3-6-16(13-15)23-2;/h3-7,12-13H,8-11,14H2,1-2H3,(H,19,20);1H. The van der Waals surface area contributed by atoms with Crippen LogP contribution in [0.15, 0.2) is 52.1 Å². The third-order valence-electron chi connectivity index (χ3n) is 4.21. The van der Waals surface area contributed by atoms with Gasteiger partial charge in [-0.3, -0.25) is 4.99 Å². The number of methoxy groups -OCH3 is 1. The summed E-state index contributed by atoms with van der Waals surface area (Å²) in [6, 6.07) is 12.1. The fraction of sp³-hybridized carbons (Fsp3) is 0.389. The molecule has 7 heteroatoms. The number of nitrogens with one attached hydrogen (secondary N) is 1. The van der Waals surface area contributed by atoms with E-state index in [0.29, 0.717) is 6.54 Å². The van der Waals surface area contributed by atoms with Crippen LogP contribution in [0.25, 0.3) is 0 Å². The summed E-state index contributed by atoms with van der Waals surface area (Å²) in [5, 5.41) is 3.36. The van der Waals surface area contributed by atoms with E-state index in [1.54, 1.807) is 13.4 Å². The van der Waals surface area contributed by atoms with Crippen LogP contribution in [0.4, 0.5) is 5.69 Å². The lowest BCUT2D eigenvalue weighted by molar-refractivity contribution is 0.369. The average molecular weight is 456 g/mol. The average Bonchev–Trinajstić information content (AvgIpc) is 3.16. The van der Waals surface area contributed by atoms with E-state index in [1.165, 1.54) is 5.69 Å². The summed E-state index contributed by atoms with van der Waals surface area (Å²) >= 11 is 0. The molecule has 1 aromatic heterocycles. The van der Waals surface area contributed by atoms with Gasteiger partial charge in [-0.1, -0.05) is 6.07 Å². The first-order chi connectivity index (χ1) is 11.8. The minimum Gasteiger partial charge on any atom is -0.497 e. The Morgan fingerprint density at radius 2 is 2.00 bits per heavy atom. The van der Waals surface area contributed by atoms with Gasteiger partial charge in [0.25, 0.3) is 0 Å². The van der Waals surface area contributed by atoms with Crippen LogP contribution in [0.5, 0.6) is 5.75 Å². The van der Waals surface area contributed by atoms with E-state index in [4.69, 9.17) is 9.15 Å². The zero-order valence-corrected chi connectivity index (χ0v) is 17.0. The topological polar surface area (TPSA) is 53.2 Å². The molecule has 1 aliphatic heterocycles. The van der Waals surface area contributed by atoms with Crippen molar-refractivity contribution in [2.75, 3.05) is 45.2 Å². The molecule has 0 amide bonds. The lowest BCUT2D eigenvalue weighted by atomic mass is 10.2. The molecule has 0 spiro atoms. The molecule has 2 heterocycles. The maximum Gasteiger partial charge on any atom is 0.194 e. The van der Waals surface area contributed by atoms with Gasteiger partial charge in [0.15, 0.2) is 5.96 Å². The van der Waals surface area contributed by atoms with Crippen molar-refractivity contribution in [3.05, 3.63) is 48.4 Å². The van der Waals surface area contributed by atoms with E-state index in [2.05, 4.69) is 32.2 Å². The van der Waals surface area contributed by atoms with Crippen molar-refractivity contribution in [3.8, 4) is 5.75 Å². The van der Waals surface area contributed by atoms with Gasteiger partial charge in [-0.25, -0.2) is 0 Å². The number of piperazine rings is 1. The van der Waals surface area contributed by atoms with E-state index >= 15 is 0 Å². The van der Waals surface area contributed by atoms with Gasteiger partial charge >= 0.3 is 0 Å². The number of guanidine groups is 1. The van der Waals surface area contributed by atoms with Crippen LogP contribution in [0, 0.1) is 0 Å². The summed E-state index contributed by atoms with van der Waals surface area (Å²) in [6.07, 6.45) is 1.69. The highest BCUT2D eigenvalue weighted by Crippen LogP contribution is 2.22. The molecule has 0 aliphatic carbocycles. The molecular weight excluding hydrogens is 431 g/mol. The summed E-state index contributed by atoms with van der Waals surface area (Å²) in [4.78, 5) is 9.04. The van der Waals surface area contributed by atoms with Crippen LogP contribution in [0.1, 0.15) is 5.76 Å². The molecule has 0 saturated carbocycles. The maximum atomic E-state index is 5.36. The van der Waals surface area contributed by atoms with Crippen molar-refractivity contribution < 1.29 is 9.15 Å². The molecule has 1 fully saturated rings. The molecule has 0 unspecified atom stereocenters. The first-order valence-electron chi connectivity index (χ1n) is 8.17. The normalized spacial score (nSPS) is 14.9. The van der Waals surface area contributed by atoms with Gasteiger partial charge in [0.2, 0.25) is 0 Å². The summed E-state index contributed by atoms with van der Waals surface area (Å²) in [5.41, 5.74) is 1.20. The second kappa shape index (κ2) is 9.55. The van der Waals surface area contributed by atoms with Gasteiger partial charge in [0.1, 0.15) is 11.5 Å². The van der Waals surface area contributed by atoms with E-state index in [9.17, 15) is 0 Å². The minimum absolute atomic E-state index is 0. The summed E-state index contributed by atoms with van der Waals surface area (Å²) in [7, 11) is 3.52. The van der Waals surface area contributed by atoms with E-state index in [1.807, 2.05) is 31.3 Å². The van der Waals surface area contributed by atoms with Crippen LogP contribution in [-0.2, 0) is 6.54 Å². The third kappa shape index (κ3) is 5.04. The van der Waals surface area contributed by atoms with Gasteiger partial charge in [-0.05, 0) is 24.3 Å². The highest BCUT2D eigenvalue weighted by atomic mass is 127. The Morgan fingerprint density at radius 3 is 2.64 bits per heavy atom. The molecule has 1 saturated heterocycles. The predicted octanol–water partition coefficient (Wildman–Crippen LogP) is 2.80. The molecule has 1 aliphatic rings. The molecule has 0 radical (unpaired) electrons. The number of ether oxygens (including phenoxy) is 1. The number of halogens is 1. The highest BCUT2D eigenvalue weighted by Gasteiger charge is 2.20. The summed E-state index contributed by atoms with van der Waals surface area (Å²) < 4.78 is 10.7. The predicted molar refractivity (Wildman–Crippen MR) is 111 cm³/mol. The summed E-state index contributed by atoms with van der Waals surface area (Å²) in [6.45, 7) is 4.41. The molecule has 25 heavy (non-hydrogen) atoms. The fourth-order valence-corrected chi connectivity index (χ4v) is 2.90. The minimum atomic E-state index is 0. The molecule has 1 N–H and O–H groups in total. The van der Waals surface area contributed by atoms with Crippen molar-refractivity contribution in [2.45, 2.75) is 6.54 Å². The molecule has 0 atom stereocenters. The van der Waals surface area contributed by atoms with E-state index in [-0.39, 0.29) is 24.0 Å². The Labute approximate surface area is 165 Å². The number of rotatable bonds is 4. The van der Waals surface area contributed by atoms with Gasteiger partial charge in [0.05, 0.1) is 19.9 Å². The Hall–Kier alpha value is -1.90. The third-order valence-corrected chi connectivity index (χ3v) is 4.21. The van der Waals surface area contributed by atoms with Gasteiger partial charge in [0, 0.05) is 45.0 Å². The van der Waals surface area contributed by atoms with Crippen molar-refractivity contribution in [1.29, 1.82) is 0 Å². The largest absolute Gasteiger partial charge is 0.497 e. The number of anilines is 1. The molecule has 3 rings (SSSR count). The number of nitrogens with zero attached hydrogens (tertiary/aromatic N) is 3. The van der Waals surface area contributed by atoms with Crippen molar-refractivity contribution in [3.63, 3.8) is 0 Å². The Bertz CT molecular complexity index is 667. The van der Waals surface area contributed by atoms with Crippen LogP contribution in [0.2, 0.25) is 0 Å². The number of hydrogen-bond donors (Lipinski definition) is 1. The second-order valence-electron chi connectivity index (χ2n) is 5.66. The van der Waals surface area contributed by atoms with Crippen molar-refractivity contribution in [1.82, 2.24) is 10.2 Å². The monoisotopic (exact) mass is 456 g/mol. The van der Waals surface area contributed by atoms with Gasteiger partial charge in [-0.15, -0.1) is 24.0 Å². The lowest BCUT2D eigenvalue weighted by Gasteiger charge is -2.37. The molecular formula is C18H25IN4O2. The molecule has 6 nitrogen and oxygen atoms in total. The smallest absolute Gasteiger partial charge is 0.194 e. The van der Waals surface area contributed by atoms with E-state index < -0.39 is 0 Å². The van der Waals surface area contributed by atoms with Crippen molar-refractivity contribution in [2.24, 2.45) is 4.99 Å². The summed E-state index contributed by atoms with van der Waals surface area (Å²) in [5.74, 6) is 2.72. The van der Waals surface area contributed by atoms with Crippen LogP contribution in [0.3, 0.4) is 0 Å². The second-order valence-corrected chi connectivity index (χ2v) is 5.66.